The Morgan fingerprint density at radius 1 is 1.27 bits per heavy atom. The summed E-state index contributed by atoms with van der Waals surface area (Å²) in [5, 5.41) is 22.0. The normalized spacial score (nSPS) is 17.5. The molecule has 3 rings (SSSR count). The number of benzene rings is 2. The van der Waals surface area contributed by atoms with E-state index < -0.39 is 15.0 Å². The fraction of sp³-hybridized carbons (Fsp3) is 0.286. The van der Waals surface area contributed by atoms with Crippen LogP contribution in [0, 0.1) is 17.0 Å². The van der Waals surface area contributed by atoms with Crippen molar-refractivity contribution in [3.05, 3.63) is 63.7 Å². The number of hydrogen-bond acceptors (Lipinski definition) is 9. The maximum absolute atomic E-state index is 12.6. The summed E-state index contributed by atoms with van der Waals surface area (Å²) in [6, 6.07) is 9.69. The molecule has 1 fully saturated rings. The van der Waals surface area contributed by atoms with Crippen LogP contribution in [0.4, 0.5) is 5.69 Å². The van der Waals surface area contributed by atoms with Crippen LogP contribution < -0.4 is 9.50 Å². The highest BCUT2D eigenvalue weighted by Gasteiger charge is 2.29. The Bertz CT molecular complexity index is 1230. The van der Waals surface area contributed by atoms with Gasteiger partial charge in [0.25, 0.3) is 5.69 Å². The van der Waals surface area contributed by atoms with E-state index >= 15 is 0 Å². The summed E-state index contributed by atoms with van der Waals surface area (Å²) in [6.07, 6.45) is 4.13. The molecule has 2 aromatic rings. The van der Waals surface area contributed by atoms with Gasteiger partial charge in [0.2, 0.25) is 5.91 Å². The first-order valence-corrected chi connectivity index (χ1v) is 12.4. The van der Waals surface area contributed by atoms with Crippen molar-refractivity contribution in [3.8, 4) is 5.75 Å². The van der Waals surface area contributed by atoms with Gasteiger partial charge in [-0.1, -0.05) is 49.7 Å². The van der Waals surface area contributed by atoms with E-state index in [0.29, 0.717) is 16.3 Å². The van der Waals surface area contributed by atoms with Gasteiger partial charge in [-0.2, -0.15) is 13.5 Å². The summed E-state index contributed by atoms with van der Waals surface area (Å²) in [7, 11) is -4.28. The highest BCUT2D eigenvalue weighted by molar-refractivity contribution is 8.15. The van der Waals surface area contributed by atoms with Gasteiger partial charge < -0.3 is 9.50 Å². The van der Waals surface area contributed by atoms with Gasteiger partial charge >= 0.3 is 10.1 Å². The zero-order chi connectivity index (χ0) is 24.0. The Labute approximate surface area is 195 Å². The molecule has 0 spiro atoms. The molecule has 174 valence electrons. The third kappa shape index (κ3) is 6.39. The Morgan fingerprint density at radius 3 is 2.79 bits per heavy atom. The molecule has 0 bridgehead atoms. The van der Waals surface area contributed by atoms with Gasteiger partial charge in [-0.25, -0.2) is 0 Å². The number of unbranched alkanes of at least 4 members (excludes halogenated alkanes) is 1. The Balaban J connectivity index is 1.71. The van der Waals surface area contributed by atoms with E-state index in [1.807, 2.05) is 0 Å². The Kier molecular flexibility index (Phi) is 7.82. The minimum atomic E-state index is -4.28. The number of carbonyl (C=O) groups is 1. The molecule has 0 aliphatic carbocycles. The molecule has 0 aromatic heterocycles. The van der Waals surface area contributed by atoms with Crippen LogP contribution in [0.3, 0.4) is 0 Å². The number of thioether (sulfide) groups is 1. The van der Waals surface area contributed by atoms with Crippen molar-refractivity contribution in [2.45, 2.75) is 43.3 Å². The van der Waals surface area contributed by atoms with Gasteiger partial charge in [0.15, 0.2) is 5.17 Å². The van der Waals surface area contributed by atoms with E-state index in [2.05, 4.69) is 22.4 Å². The maximum atomic E-state index is 12.6. The van der Waals surface area contributed by atoms with E-state index in [4.69, 9.17) is 4.18 Å². The molecule has 1 amide bonds. The SMILES string of the molecule is CCCCC1S/C(=N/N=Cc2cccc(OS(=O)(=O)c3ccc(C)c([N+](=O)[O-])c3)c2)NC1=O. The van der Waals surface area contributed by atoms with Gasteiger partial charge in [0, 0.05) is 11.6 Å². The first-order chi connectivity index (χ1) is 15.7. The second-order valence-corrected chi connectivity index (χ2v) is 9.94. The summed E-state index contributed by atoms with van der Waals surface area (Å²) in [6.45, 7) is 3.58. The Morgan fingerprint density at radius 2 is 2.06 bits per heavy atom. The molecule has 10 nitrogen and oxygen atoms in total. The van der Waals surface area contributed by atoms with Crippen LogP contribution in [0.1, 0.15) is 37.3 Å². The topological polar surface area (TPSA) is 140 Å². The number of nitrogens with one attached hydrogen (secondary N) is 1. The highest BCUT2D eigenvalue weighted by Crippen LogP contribution is 2.26. The van der Waals surface area contributed by atoms with Gasteiger partial charge in [-0.05, 0) is 37.1 Å². The molecule has 1 heterocycles. The second-order valence-electron chi connectivity index (χ2n) is 7.20. The molecule has 1 unspecified atom stereocenters. The predicted molar refractivity (Wildman–Crippen MR) is 126 cm³/mol. The fourth-order valence-corrected chi connectivity index (χ4v) is 4.86. The van der Waals surface area contributed by atoms with Crippen LogP contribution in [0.2, 0.25) is 0 Å². The van der Waals surface area contributed by atoms with Crippen LogP contribution in [0.25, 0.3) is 0 Å². The lowest BCUT2D eigenvalue weighted by Gasteiger charge is -2.08. The van der Waals surface area contributed by atoms with Gasteiger partial charge in [0.1, 0.15) is 10.6 Å². The Hall–Kier alpha value is -3.25. The molecule has 1 aliphatic heterocycles. The smallest absolute Gasteiger partial charge is 0.339 e. The number of nitro benzene ring substituents is 1. The van der Waals surface area contributed by atoms with Crippen LogP contribution in [0.5, 0.6) is 5.75 Å². The molecule has 1 atom stereocenters. The summed E-state index contributed by atoms with van der Waals surface area (Å²) >= 11 is 1.33. The molecule has 2 aromatic carbocycles. The van der Waals surface area contributed by atoms with Crippen molar-refractivity contribution in [2.24, 2.45) is 10.2 Å². The molecule has 0 saturated carbocycles. The lowest BCUT2D eigenvalue weighted by molar-refractivity contribution is -0.385. The van der Waals surface area contributed by atoms with Crippen molar-refractivity contribution >= 4 is 44.9 Å². The third-order valence-electron chi connectivity index (χ3n) is 4.68. The molecule has 1 N–H and O–H groups in total. The van der Waals surface area contributed by atoms with E-state index in [-0.39, 0.29) is 27.5 Å². The average Bonchev–Trinajstić information content (AvgIpc) is 3.11. The number of nitro groups is 1. The second kappa shape index (κ2) is 10.6. The van der Waals surface area contributed by atoms with Gasteiger partial charge in [-0.15, -0.1) is 5.10 Å². The summed E-state index contributed by atoms with van der Waals surface area (Å²) in [5.74, 6) is -0.0719. The largest absolute Gasteiger partial charge is 0.379 e. The molecule has 12 heteroatoms. The summed E-state index contributed by atoms with van der Waals surface area (Å²) in [5.41, 5.74) is 0.541. The molecule has 0 radical (unpaired) electrons. The zero-order valence-electron chi connectivity index (χ0n) is 17.9. The maximum Gasteiger partial charge on any atom is 0.339 e. The van der Waals surface area contributed by atoms with Crippen LogP contribution in [-0.2, 0) is 14.9 Å². The lowest BCUT2D eigenvalue weighted by Crippen LogP contribution is -2.24. The third-order valence-corrected chi connectivity index (χ3v) is 7.07. The van der Waals surface area contributed by atoms with Crippen molar-refractivity contribution in [1.82, 2.24) is 5.32 Å². The number of amidine groups is 1. The number of hydrogen-bond donors (Lipinski definition) is 1. The highest BCUT2D eigenvalue weighted by atomic mass is 32.2. The summed E-state index contributed by atoms with van der Waals surface area (Å²) < 4.78 is 30.3. The van der Waals surface area contributed by atoms with Crippen molar-refractivity contribution in [3.63, 3.8) is 0 Å². The van der Waals surface area contributed by atoms with E-state index in [1.54, 1.807) is 12.1 Å². The van der Waals surface area contributed by atoms with E-state index in [0.717, 1.165) is 25.3 Å². The predicted octanol–water partition coefficient (Wildman–Crippen LogP) is 3.78. The quantitative estimate of drug-likeness (QED) is 0.244. The minimum absolute atomic E-state index is 0.0120. The first-order valence-electron chi connectivity index (χ1n) is 10.1. The van der Waals surface area contributed by atoms with Crippen molar-refractivity contribution in [2.75, 3.05) is 0 Å². The standard InChI is InChI=1S/C21H22N4O6S2/c1-3-4-8-19-20(26)23-21(32-19)24-22-13-15-6-5-7-16(11-15)31-33(29,30)17-10-9-14(2)18(12-17)25(27)28/h5-7,9-13,19H,3-4,8H2,1-2H3,(H,23,24,26). The molecule has 1 saturated heterocycles. The number of amides is 1. The average molecular weight is 491 g/mol. The number of nitrogens with zero attached hydrogens (tertiary/aromatic N) is 3. The van der Waals surface area contributed by atoms with Crippen molar-refractivity contribution < 1.29 is 22.3 Å². The number of carbonyl (C=O) groups excluding carboxylic acids is 1. The molecule has 33 heavy (non-hydrogen) atoms. The number of rotatable bonds is 9. The van der Waals surface area contributed by atoms with Crippen molar-refractivity contribution in [1.29, 1.82) is 0 Å². The van der Waals surface area contributed by atoms with Crippen LogP contribution in [-0.4, -0.2) is 35.9 Å². The van der Waals surface area contributed by atoms with Gasteiger partial charge in [0.05, 0.1) is 16.4 Å². The van der Waals surface area contributed by atoms with E-state index in [1.165, 1.54) is 49.2 Å². The monoisotopic (exact) mass is 490 g/mol. The molecule has 1 aliphatic rings. The lowest BCUT2D eigenvalue weighted by atomic mass is 10.2. The first kappa shape index (κ1) is 24.4. The zero-order valence-corrected chi connectivity index (χ0v) is 19.6. The number of aryl methyl sites for hydroxylation is 1. The fourth-order valence-electron chi connectivity index (χ4n) is 2.94. The molecular formula is C21H22N4O6S2. The minimum Gasteiger partial charge on any atom is -0.379 e. The molecular weight excluding hydrogens is 468 g/mol. The summed E-state index contributed by atoms with van der Waals surface area (Å²) in [4.78, 5) is 22.1. The van der Waals surface area contributed by atoms with E-state index in [9.17, 15) is 23.3 Å². The van der Waals surface area contributed by atoms with Crippen LogP contribution in [0.15, 0.2) is 57.6 Å². The van der Waals surface area contributed by atoms with Crippen LogP contribution >= 0.6 is 11.8 Å². The van der Waals surface area contributed by atoms with Gasteiger partial charge in [-0.3, -0.25) is 14.9 Å².